The first-order valence-electron chi connectivity index (χ1n) is 6.39. The van der Waals surface area contributed by atoms with Gasteiger partial charge in [0.15, 0.2) is 5.13 Å². The maximum Gasteiger partial charge on any atom is 0.185 e. The zero-order valence-electron chi connectivity index (χ0n) is 10.4. The minimum Gasteiger partial charge on any atom is -0.348 e. The van der Waals surface area contributed by atoms with E-state index in [0.29, 0.717) is 0 Å². The molecule has 2 nitrogen and oxygen atoms in total. The molecule has 0 N–H and O–H groups in total. The summed E-state index contributed by atoms with van der Waals surface area (Å²) in [6.45, 7) is 4.53. The fourth-order valence-electron chi connectivity index (χ4n) is 1.97. The van der Waals surface area contributed by atoms with E-state index in [1.54, 1.807) is 0 Å². The molecule has 0 bridgehead atoms. The molecule has 0 atom stereocenters. The molecule has 1 aliphatic heterocycles. The van der Waals surface area contributed by atoms with Crippen LogP contribution in [0, 0.1) is 0 Å². The standard InChI is InChI=1S/C13H20N2S2/c1-2-16-10-7-12-11-14-13(17-12)15-8-5-3-4-6-9-15/h7,10-11H,2-6,8-9H2,1H3. The molecule has 0 aromatic carbocycles. The van der Waals surface area contributed by atoms with Crippen LogP contribution in [0.15, 0.2) is 11.6 Å². The number of thioether (sulfide) groups is 1. The van der Waals surface area contributed by atoms with Crippen molar-refractivity contribution < 1.29 is 0 Å². The number of hydrogen-bond donors (Lipinski definition) is 0. The number of nitrogens with zero attached hydrogens (tertiary/aromatic N) is 2. The van der Waals surface area contributed by atoms with Crippen molar-refractivity contribution in [1.82, 2.24) is 4.98 Å². The highest BCUT2D eigenvalue weighted by Crippen LogP contribution is 2.26. The van der Waals surface area contributed by atoms with Crippen LogP contribution in [0.3, 0.4) is 0 Å². The molecule has 94 valence electrons. The van der Waals surface area contributed by atoms with Gasteiger partial charge in [-0.3, -0.25) is 0 Å². The van der Waals surface area contributed by atoms with Crippen LogP contribution in [0.4, 0.5) is 5.13 Å². The Bertz CT molecular complexity index is 352. The Hall–Kier alpha value is -0.480. The second-order valence-corrected chi connectivity index (χ2v) is 6.43. The first-order valence-corrected chi connectivity index (χ1v) is 8.25. The van der Waals surface area contributed by atoms with E-state index >= 15 is 0 Å². The van der Waals surface area contributed by atoms with Crippen LogP contribution in [0.25, 0.3) is 6.08 Å². The number of anilines is 1. The summed E-state index contributed by atoms with van der Waals surface area (Å²) in [5, 5.41) is 3.37. The van der Waals surface area contributed by atoms with Crippen LogP contribution in [0.5, 0.6) is 0 Å². The second kappa shape index (κ2) is 7.07. The molecular weight excluding hydrogens is 248 g/mol. The smallest absolute Gasteiger partial charge is 0.185 e. The van der Waals surface area contributed by atoms with E-state index in [2.05, 4.69) is 28.3 Å². The van der Waals surface area contributed by atoms with Crippen molar-refractivity contribution in [3.8, 4) is 0 Å². The Morgan fingerprint density at radius 1 is 1.35 bits per heavy atom. The van der Waals surface area contributed by atoms with Gasteiger partial charge in [-0.05, 0) is 30.1 Å². The molecule has 0 amide bonds. The molecule has 0 aliphatic carbocycles. The molecule has 1 aromatic rings. The SMILES string of the molecule is CCSC=Cc1cnc(N2CCCCCC2)s1. The van der Waals surface area contributed by atoms with Gasteiger partial charge < -0.3 is 4.90 Å². The fraction of sp³-hybridized carbons (Fsp3) is 0.615. The molecule has 17 heavy (non-hydrogen) atoms. The number of hydrogen-bond acceptors (Lipinski definition) is 4. The van der Waals surface area contributed by atoms with Crippen LogP contribution in [-0.2, 0) is 0 Å². The lowest BCUT2D eigenvalue weighted by molar-refractivity contribution is 0.726. The zero-order chi connectivity index (χ0) is 11.9. The van der Waals surface area contributed by atoms with Gasteiger partial charge in [-0.2, -0.15) is 0 Å². The lowest BCUT2D eigenvalue weighted by Gasteiger charge is -2.18. The number of thiazole rings is 1. The third kappa shape index (κ3) is 4.03. The molecule has 1 saturated heterocycles. The molecule has 2 heterocycles. The highest BCUT2D eigenvalue weighted by Gasteiger charge is 2.12. The molecule has 1 aromatic heterocycles. The molecule has 0 unspecified atom stereocenters. The van der Waals surface area contributed by atoms with Gasteiger partial charge in [0.05, 0.1) is 0 Å². The number of rotatable bonds is 4. The quantitative estimate of drug-likeness (QED) is 0.812. The second-order valence-electron chi connectivity index (χ2n) is 4.20. The summed E-state index contributed by atoms with van der Waals surface area (Å²) in [7, 11) is 0. The topological polar surface area (TPSA) is 16.1 Å². The predicted molar refractivity (Wildman–Crippen MR) is 80.0 cm³/mol. The Morgan fingerprint density at radius 2 is 2.12 bits per heavy atom. The highest BCUT2D eigenvalue weighted by atomic mass is 32.2. The molecule has 0 saturated carbocycles. The van der Waals surface area contributed by atoms with Gasteiger partial charge in [-0.25, -0.2) is 4.98 Å². The van der Waals surface area contributed by atoms with Gasteiger partial charge in [0, 0.05) is 24.2 Å². The van der Waals surface area contributed by atoms with Gasteiger partial charge in [0.1, 0.15) is 0 Å². The summed E-state index contributed by atoms with van der Waals surface area (Å²) >= 11 is 3.65. The Morgan fingerprint density at radius 3 is 2.82 bits per heavy atom. The average Bonchev–Trinajstić information content (AvgIpc) is 2.64. The fourth-order valence-corrected chi connectivity index (χ4v) is 3.36. The first-order chi connectivity index (χ1) is 8.40. The highest BCUT2D eigenvalue weighted by molar-refractivity contribution is 8.02. The van der Waals surface area contributed by atoms with Gasteiger partial charge in [0.2, 0.25) is 0 Å². The monoisotopic (exact) mass is 268 g/mol. The molecule has 1 aliphatic rings. The largest absolute Gasteiger partial charge is 0.348 e. The van der Waals surface area contributed by atoms with Crippen molar-refractivity contribution in [3.63, 3.8) is 0 Å². The van der Waals surface area contributed by atoms with Gasteiger partial charge in [0.25, 0.3) is 0 Å². The molecular formula is C13H20N2S2. The zero-order valence-corrected chi connectivity index (χ0v) is 12.0. The van der Waals surface area contributed by atoms with Crippen molar-refractivity contribution in [1.29, 1.82) is 0 Å². The first kappa shape index (κ1) is 13.0. The summed E-state index contributed by atoms with van der Waals surface area (Å²) in [4.78, 5) is 8.26. The van der Waals surface area contributed by atoms with E-state index in [4.69, 9.17) is 0 Å². The van der Waals surface area contributed by atoms with Crippen molar-refractivity contribution in [2.75, 3.05) is 23.7 Å². The summed E-state index contributed by atoms with van der Waals surface area (Å²) in [6.07, 6.45) is 9.56. The molecule has 1 fully saturated rings. The van der Waals surface area contributed by atoms with Crippen molar-refractivity contribution in [2.24, 2.45) is 0 Å². The summed E-state index contributed by atoms with van der Waals surface area (Å²) in [5.41, 5.74) is 0. The molecule has 4 heteroatoms. The normalized spacial score (nSPS) is 17.6. The van der Waals surface area contributed by atoms with Gasteiger partial charge >= 0.3 is 0 Å². The average molecular weight is 268 g/mol. The van der Waals surface area contributed by atoms with Gasteiger partial charge in [-0.1, -0.05) is 31.1 Å². The predicted octanol–water partition coefficient (Wildman–Crippen LogP) is 4.25. The van der Waals surface area contributed by atoms with Crippen LogP contribution in [0.2, 0.25) is 0 Å². The van der Waals surface area contributed by atoms with E-state index < -0.39 is 0 Å². The minimum absolute atomic E-state index is 1.13. The summed E-state index contributed by atoms with van der Waals surface area (Å²) < 4.78 is 0. The van der Waals surface area contributed by atoms with Gasteiger partial charge in [-0.15, -0.1) is 11.8 Å². The van der Waals surface area contributed by atoms with Crippen molar-refractivity contribution in [2.45, 2.75) is 32.6 Å². The van der Waals surface area contributed by atoms with E-state index in [1.165, 1.54) is 48.8 Å². The third-order valence-electron chi connectivity index (χ3n) is 2.88. The lowest BCUT2D eigenvalue weighted by atomic mass is 10.2. The Balaban J connectivity index is 1.96. The van der Waals surface area contributed by atoms with Crippen LogP contribution in [-0.4, -0.2) is 23.8 Å². The molecule has 2 rings (SSSR count). The van der Waals surface area contributed by atoms with Crippen molar-refractivity contribution >= 4 is 34.3 Å². The minimum atomic E-state index is 1.13. The molecule has 0 radical (unpaired) electrons. The van der Waals surface area contributed by atoms with E-state index in [-0.39, 0.29) is 0 Å². The van der Waals surface area contributed by atoms with Crippen LogP contribution in [0.1, 0.15) is 37.5 Å². The lowest BCUT2D eigenvalue weighted by Crippen LogP contribution is -2.23. The Kier molecular flexibility index (Phi) is 5.39. The number of aromatic nitrogens is 1. The van der Waals surface area contributed by atoms with Crippen LogP contribution < -0.4 is 4.90 Å². The van der Waals surface area contributed by atoms with Crippen molar-refractivity contribution in [3.05, 3.63) is 16.5 Å². The summed E-state index contributed by atoms with van der Waals surface area (Å²) in [5.74, 6) is 1.13. The molecule has 0 spiro atoms. The van der Waals surface area contributed by atoms with E-state index in [1.807, 2.05) is 29.3 Å². The Labute approximate surface area is 112 Å². The maximum absolute atomic E-state index is 4.54. The summed E-state index contributed by atoms with van der Waals surface area (Å²) in [6, 6.07) is 0. The van der Waals surface area contributed by atoms with E-state index in [0.717, 1.165) is 5.75 Å². The third-order valence-corrected chi connectivity index (χ3v) is 4.57. The van der Waals surface area contributed by atoms with Crippen LogP contribution >= 0.6 is 23.1 Å². The maximum atomic E-state index is 4.54. The van der Waals surface area contributed by atoms with E-state index in [9.17, 15) is 0 Å².